The summed E-state index contributed by atoms with van der Waals surface area (Å²) >= 11 is 5.84. The standard InChI is InChI=1S/C27H28ClF4N5O2.C2H4O2/c1-36-13-33-22(23(36)25(38)34-17-5-6-21(29)20(28)9-17)14-7-15-10-26(39,11-16(15)8-14)19-12-37(18-3-2-4-18)35-24(19)27(30,31)32;1-4-2-3/h5-6,9,12-16,18,39H,2-4,7-8,10-11H2,1H3,(H,34,38);2H,1H3. The number of imidazole rings is 1. The van der Waals surface area contributed by atoms with E-state index < -0.39 is 29.2 Å². The molecule has 3 aliphatic rings. The molecule has 2 unspecified atom stereocenters. The number of fused-ring (bicyclic) bond motifs is 1. The van der Waals surface area contributed by atoms with Crippen LogP contribution in [0.5, 0.6) is 0 Å². The zero-order valence-corrected chi connectivity index (χ0v) is 24.3. The lowest BCUT2D eigenvalue weighted by molar-refractivity contribution is -0.144. The molecule has 14 heteroatoms. The molecule has 1 amide bonds. The number of hydrogen-bond acceptors (Lipinski definition) is 6. The number of methoxy groups -OCH3 is 1. The van der Waals surface area contributed by atoms with E-state index in [0.717, 1.165) is 19.3 Å². The number of aromatic nitrogens is 4. The Labute approximate surface area is 250 Å². The van der Waals surface area contributed by atoms with E-state index in [0.29, 0.717) is 36.4 Å². The van der Waals surface area contributed by atoms with Gasteiger partial charge in [-0.15, -0.1) is 0 Å². The van der Waals surface area contributed by atoms with Gasteiger partial charge in [-0.05, 0) is 75.0 Å². The smallest absolute Gasteiger partial charge is 0.435 e. The molecule has 2 N–H and O–H groups in total. The molecular formula is C29H32ClF4N5O4. The lowest BCUT2D eigenvalue weighted by atomic mass is 9.87. The summed E-state index contributed by atoms with van der Waals surface area (Å²) in [5, 5.41) is 18.0. The van der Waals surface area contributed by atoms with Gasteiger partial charge in [0.2, 0.25) is 0 Å². The number of ether oxygens (including phenoxy) is 1. The number of nitrogens with zero attached hydrogens (tertiary/aromatic N) is 4. The molecule has 3 fully saturated rings. The number of hydrogen-bond donors (Lipinski definition) is 2. The van der Waals surface area contributed by atoms with E-state index >= 15 is 0 Å². The van der Waals surface area contributed by atoms with Crippen molar-refractivity contribution in [3.63, 3.8) is 0 Å². The average molecular weight is 626 g/mol. The van der Waals surface area contributed by atoms with E-state index in [-0.39, 0.29) is 47.2 Å². The molecule has 3 aromatic rings. The summed E-state index contributed by atoms with van der Waals surface area (Å²) in [6.07, 6.45) is 2.47. The van der Waals surface area contributed by atoms with Crippen LogP contribution in [-0.2, 0) is 28.4 Å². The largest absolute Gasteiger partial charge is 0.471 e. The van der Waals surface area contributed by atoms with Crippen molar-refractivity contribution in [2.75, 3.05) is 12.4 Å². The van der Waals surface area contributed by atoms with E-state index in [1.807, 2.05) is 0 Å². The summed E-state index contributed by atoms with van der Waals surface area (Å²) in [5.41, 5.74) is -1.40. The van der Waals surface area contributed by atoms with Crippen LogP contribution in [0.3, 0.4) is 0 Å². The Balaban J connectivity index is 0.000000868. The zero-order chi connectivity index (χ0) is 31.1. The fourth-order valence-electron chi connectivity index (χ4n) is 6.67. The number of aliphatic hydroxyl groups is 1. The number of alkyl halides is 3. The van der Waals surface area contributed by atoms with Gasteiger partial charge in [0.05, 0.1) is 35.8 Å². The number of carbonyl (C=O) groups is 2. The molecular weight excluding hydrogens is 594 g/mol. The van der Waals surface area contributed by atoms with E-state index in [1.165, 1.54) is 36.2 Å². The SMILES string of the molecule is COC=O.Cn1cnc(C2CC3CC(O)(c4cn(C5CCC5)nc4C(F)(F)F)CC3C2)c1C(=O)Nc1ccc(F)c(Cl)c1. The van der Waals surface area contributed by atoms with Crippen LogP contribution in [0.4, 0.5) is 23.2 Å². The molecule has 9 nitrogen and oxygen atoms in total. The maximum Gasteiger partial charge on any atom is 0.435 e. The predicted octanol–water partition coefficient (Wildman–Crippen LogP) is 5.99. The van der Waals surface area contributed by atoms with Crippen molar-refractivity contribution in [1.82, 2.24) is 19.3 Å². The molecule has 6 rings (SSSR count). The van der Waals surface area contributed by atoms with Crippen molar-refractivity contribution >= 4 is 29.7 Å². The van der Waals surface area contributed by atoms with Crippen LogP contribution in [0.15, 0.2) is 30.7 Å². The number of benzene rings is 1. The molecule has 0 spiro atoms. The average Bonchev–Trinajstić information content (AvgIpc) is 3.67. The third-order valence-electron chi connectivity index (χ3n) is 8.83. The van der Waals surface area contributed by atoms with Crippen molar-refractivity contribution < 1.29 is 37.0 Å². The summed E-state index contributed by atoms with van der Waals surface area (Å²) in [5.74, 6) is -1.11. The Hall–Kier alpha value is -3.45. The molecule has 232 valence electrons. The van der Waals surface area contributed by atoms with E-state index in [9.17, 15) is 27.5 Å². The molecule has 0 aliphatic heterocycles. The van der Waals surface area contributed by atoms with Gasteiger partial charge in [-0.25, -0.2) is 9.37 Å². The van der Waals surface area contributed by atoms with E-state index in [4.69, 9.17) is 16.4 Å². The number of carbonyl (C=O) groups excluding carboxylic acids is 2. The van der Waals surface area contributed by atoms with Gasteiger partial charge in [0.15, 0.2) is 5.69 Å². The van der Waals surface area contributed by atoms with Gasteiger partial charge in [0.25, 0.3) is 12.4 Å². The molecule has 0 bridgehead atoms. The fourth-order valence-corrected chi connectivity index (χ4v) is 6.85. The Bertz CT molecular complexity index is 1490. The Kier molecular flexibility index (Phi) is 8.59. The number of amides is 1. The minimum atomic E-state index is -4.65. The monoisotopic (exact) mass is 625 g/mol. The molecule has 1 aromatic carbocycles. The highest BCUT2D eigenvalue weighted by Gasteiger charge is 2.54. The van der Waals surface area contributed by atoms with Crippen LogP contribution < -0.4 is 5.32 Å². The van der Waals surface area contributed by atoms with Crippen molar-refractivity contribution in [1.29, 1.82) is 0 Å². The first-order chi connectivity index (χ1) is 20.3. The predicted molar refractivity (Wildman–Crippen MR) is 148 cm³/mol. The van der Waals surface area contributed by atoms with E-state index in [1.54, 1.807) is 17.9 Å². The van der Waals surface area contributed by atoms with Gasteiger partial charge in [0.1, 0.15) is 11.5 Å². The molecule has 3 saturated carbocycles. The van der Waals surface area contributed by atoms with Gasteiger partial charge in [-0.1, -0.05) is 11.6 Å². The first kappa shape index (κ1) is 31.0. The zero-order valence-electron chi connectivity index (χ0n) is 23.6. The third kappa shape index (κ3) is 6.14. The summed E-state index contributed by atoms with van der Waals surface area (Å²) in [7, 11) is 3.02. The second-order valence-electron chi connectivity index (χ2n) is 11.6. The molecule has 3 aliphatic carbocycles. The Morgan fingerprint density at radius 3 is 2.42 bits per heavy atom. The summed E-state index contributed by atoms with van der Waals surface area (Å²) in [4.78, 5) is 26.6. The van der Waals surface area contributed by atoms with Gasteiger partial charge in [0, 0.05) is 30.4 Å². The summed E-state index contributed by atoms with van der Waals surface area (Å²) < 4.78 is 62.1. The normalized spacial score (nSPS) is 25.0. The molecule has 0 saturated heterocycles. The van der Waals surface area contributed by atoms with Gasteiger partial charge in [-0.3, -0.25) is 14.3 Å². The highest BCUT2D eigenvalue weighted by Crippen LogP contribution is 2.58. The number of nitrogens with one attached hydrogen (secondary N) is 1. The summed E-state index contributed by atoms with van der Waals surface area (Å²) in [6.45, 7) is 0.375. The molecule has 0 radical (unpaired) electrons. The van der Waals surface area contributed by atoms with Crippen LogP contribution in [0.1, 0.15) is 84.3 Å². The van der Waals surface area contributed by atoms with Crippen molar-refractivity contribution in [3.05, 3.63) is 64.2 Å². The highest BCUT2D eigenvalue weighted by atomic mass is 35.5. The fraction of sp³-hybridized carbons (Fsp3) is 0.517. The first-order valence-electron chi connectivity index (χ1n) is 14.0. The van der Waals surface area contributed by atoms with Crippen molar-refractivity contribution in [3.8, 4) is 0 Å². The lowest BCUT2D eigenvalue weighted by Crippen LogP contribution is -2.26. The Morgan fingerprint density at radius 2 is 1.88 bits per heavy atom. The van der Waals surface area contributed by atoms with E-state index in [2.05, 4.69) is 20.1 Å². The number of halogens is 5. The van der Waals surface area contributed by atoms with Crippen LogP contribution in [0.2, 0.25) is 5.02 Å². The van der Waals surface area contributed by atoms with Crippen LogP contribution in [-0.4, -0.2) is 43.9 Å². The lowest BCUT2D eigenvalue weighted by Gasteiger charge is -2.26. The van der Waals surface area contributed by atoms with Crippen LogP contribution in [0.25, 0.3) is 0 Å². The number of aryl methyl sites for hydroxylation is 1. The van der Waals surface area contributed by atoms with Crippen molar-refractivity contribution in [2.45, 2.75) is 68.7 Å². The molecule has 43 heavy (non-hydrogen) atoms. The van der Waals surface area contributed by atoms with Gasteiger partial charge in [-0.2, -0.15) is 18.3 Å². The maximum absolute atomic E-state index is 13.9. The number of rotatable bonds is 6. The second-order valence-corrected chi connectivity index (χ2v) is 12.0. The quantitative estimate of drug-likeness (QED) is 0.257. The first-order valence-corrected chi connectivity index (χ1v) is 14.4. The highest BCUT2D eigenvalue weighted by molar-refractivity contribution is 6.31. The third-order valence-corrected chi connectivity index (χ3v) is 9.12. The maximum atomic E-state index is 13.9. The molecule has 2 heterocycles. The topological polar surface area (TPSA) is 111 Å². The minimum absolute atomic E-state index is 0.0121. The van der Waals surface area contributed by atoms with Crippen LogP contribution >= 0.6 is 11.6 Å². The van der Waals surface area contributed by atoms with Crippen molar-refractivity contribution in [2.24, 2.45) is 18.9 Å². The Morgan fingerprint density at radius 1 is 1.23 bits per heavy atom. The summed E-state index contributed by atoms with van der Waals surface area (Å²) in [6, 6.07) is 3.86. The number of anilines is 1. The molecule has 2 atom stereocenters. The molecule has 2 aromatic heterocycles. The van der Waals surface area contributed by atoms with Gasteiger partial charge < -0.3 is 19.7 Å². The van der Waals surface area contributed by atoms with Gasteiger partial charge >= 0.3 is 6.18 Å². The second kappa shape index (κ2) is 11.9. The van der Waals surface area contributed by atoms with Crippen LogP contribution in [0, 0.1) is 17.7 Å². The minimum Gasteiger partial charge on any atom is -0.471 e.